The molecule has 0 spiro atoms. The minimum Gasteiger partial charge on any atom is -0.369 e. The maximum absolute atomic E-state index is 12.7. The molecule has 4 saturated carbocycles. The Morgan fingerprint density at radius 2 is 1.73 bits per heavy atom. The predicted octanol–water partition coefficient (Wildman–Crippen LogP) is 2.94. The van der Waals surface area contributed by atoms with Gasteiger partial charge in [-0.05, 0) is 94.0 Å². The molecule has 5 fully saturated rings. The summed E-state index contributed by atoms with van der Waals surface area (Å²) in [6.07, 6.45) is 12.4. The van der Waals surface area contributed by atoms with Crippen molar-refractivity contribution in [1.82, 2.24) is 19.8 Å². The zero-order chi connectivity index (χ0) is 20.1. The fourth-order valence-electron chi connectivity index (χ4n) is 7.54. The van der Waals surface area contributed by atoms with E-state index in [0.29, 0.717) is 13.1 Å². The van der Waals surface area contributed by atoms with E-state index >= 15 is 0 Å². The summed E-state index contributed by atoms with van der Waals surface area (Å²) in [5, 5.41) is 3.74. The molecule has 162 valence electrons. The SMILES string of the molecule is O=C(CN1CCCC1)N1CCc2c(ncnc2NCC2C3CC4CC(C3)CC2C4)C1. The Bertz CT molecular complexity index is 777. The molecule has 1 saturated heterocycles. The topological polar surface area (TPSA) is 61.4 Å². The minimum atomic E-state index is 0.254. The monoisotopic (exact) mass is 409 g/mol. The number of hydrogen-bond acceptors (Lipinski definition) is 5. The van der Waals surface area contributed by atoms with Gasteiger partial charge in [0, 0.05) is 18.7 Å². The fourth-order valence-corrected chi connectivity index (χ4v) is 7.54. The second-order valence-electron chi connectivity index (χ2n) is 10.7. The van der Waals surface area contributed by atoms with Crippen LogP contribution in [0.25, 0.3) is 0 Å². The number of rotatable bonds is 5. The molecule has 7 rings (SSSR count). The van der Waals surface area contributed by atoms with Gasteiger partial charge in [0.2, 0.25) is 5.91 Å². The molecule has 4 bridgehead atoms. The second-order valence-corrected chi connectivity index (χ2v) is 10.7. The molecule has 0 radical (unpaired) electrons. The third-order valence-electron chi connectivity index (χ3n) is 8.84. The summed E-state index contributed by atoms with van der Waals surface area (Å²) in [6, 6.07) is 0. The number of aromatic nitrogens is 2. The van der Waals surface area contributed by atoms with E-state index in [0.717, 1.165) is 73.7 Å². The lowest BCUT2D eigenvalue weighted by molar-refractivity contribution is -0.133. The van der Waals surface area contributed by atoms with Crippen LogP contribution in [0.3, 0.4) is 0 Å². The third kappa shape index (κ3) is 3.51. The van der Waals surface area contributed by atoms with Crippen molar-refractivity contribution in [2.75, 3.05) is 38.0 Å². The molecular weight excluding hydrogens is 374 g/mol. The maximum atomic E-state index is 12.7. The maximum Gasteiger partial charge on any atom is 0.237 e. The lowest BCUT2D eigenvalue weighted by Crippen LogP contribution is -2.47. The number of anilines is 1. The highest BCUT2D eigenvalue weighted by Crippen LogP contribution is 2.56. The van der Waals surface area contributed by atoms with Crippen LogP contribution in [0.1, 0.15) is 56.2 Å². The molecule has 2 aliphatic heterocycles. The van der Waals surface area contributed by atoms with Crippen LogP contribution in [-0.2, 0) is 17.8 Å². The number of likely N-dealkylation sites (tertiary alicyclic amines) is 1. The number of carbonyl (C=O) groups excluding carboxylic acids is 1. The summed E-state index contributed by atoms with van der Waals surface area (Å²) in [6.45, 7) is 5.19. The lowest BCUT2D eigenvalue weighted by Gasteiger charge is -2.54. The van der Waals surface area contributed by atoms with E-state index in [9.17, 15) is 4.79 Å². The summed E-state index contributed by atoms with van der Waals surface area (Å²) >= 11 is 0. The van der Waals surface area contributed by atoms with Crippen LogP contribution in [0, 0.1) is 29.6 Å². The van der Waals surface area contributed by atoms with Crippen LogP contribution in [0.15, 0.2) is 6.33 Å². The summed E-state index contributed by atoms with van der Waals surface area (Å²) in [5.41, 5.74) is 2.28. The van der Waals surface area contributed by atoms with Gasteiger partial charge in [-0.2, -0.15) is 0 Å². The predicted molar refractivity (Wildman–Crippen MR) is 116 cm³/mol. The van der Waals surface area contributed by atoms with Gasteiger partial charge in [-0.15, -0.1) is 0 Å². The molecule has 4 aliphatic carbocycles. The van der Waals surface area contributed by atoms with E-state index in [4.69, 9.17) is 0 Å². The first kappa shape index (κ1) is 19.0. The number of fused-ring (bicyclic) bond motifs is 1. The lowest BCUT2D eigenvalue weighted by atomic mass is 9.52. The molecule has 0 atom stereocenters. The molecule has 6 aliphatic rings. The molecule has 1 aromatic heterocycles. The fraction of sp³-hybridized carbons (Fsp3) is 0.792. The largest absolute Gasteiger partial charge is 0.369 e. The molecule has 6 heteroatoms. The van der Waals surface area contributed by atoms with Crippen molar-refractivity contribution in [1.29, 1.82) is 0 Å². The van der Waals surface area contributed by atoms with Crippen LogP contribution in [0.4, 0.5) is 5.82 Å². The van der Waals surface area contributed by atoms with Gasteiger partial charge in [0.1, 0.15) is 12.1 Å². The Kier molecular flexibility index (Phi) is 4.93. The number of carbonyl (C=O) groups is 1. The van der Waals surface area contributed by atoms with Gasteiger partial charge in [-0.1, -0.05) is 0 Å². The summed E-state index contributed by atoms with van der Waals surface area (Å²) < 4.78 is 0. The molecule has 0 unspecified atom stereocenters. The van der Waals surface area contributed by atoms with Crippen LogP contribution in [0.5, 0.6) is 0 Å². The number of hydrogen-bond donors (Lipinski definition) is 1. The highest BCUT2D eigenvalue weighted by Gasteiger charge is 2.47. The normalized spacial score (nSPS) is 34.9. The standard InChI is InChI=1S/C24H35N5O/c30-23(14-28-4-1-2-5-28)29-6-3-20-22(13-29)26-15-27-24(20)25-12-21-18-8-16-7-17(10-18)11-19(21)9-16/h15-19,21H,1-14H2,(H,25,26,27). The summed E-state index contributed by atoms with van der Waals surface area (Å²) in [7, 11) is 0. The first-order valence-corrected chi connectivity index (χ1v) is 12.3. The molecule has 1 N–H and O–H groups in total. The van der Waals surface area contributed by atoms with Gasteiger partial charge in [0.15, 0.2) is 0 Å². The molecule has 1 aromatic rings. The quantitative estimate of drug-likeness (QED) is 0.810. The minimum absolute atomic E-state index is 0.254. The Hall–Kier alpha value is -1.69. The van der Waals surface area contributed by atoms with Gasteiger partial charge >= 0.3 is 0 Å². The van der Waals surface area contributed by atoms with Gasteiger partial charge in [-0.25, -0.2) is 9.97 Å². The van der Waals surface area contributed by atoms with Gasteiger partial charge in [-0.3, -0.25) is 9.69 Å². The Morgan fingerprint density at radius 3 is 2.47 bits per heavy atom. The number of nitrogens with zero attached hydrogens (tertiary/aromatic N) is 4. The molecule has 6 nitrogen and oxygen atoms in total. The first-order valence-electron chi connectivity index (χ1n) is 12.3. The Labute approximate surface area is 179 Å². The van der Waals surface area contributed by atoms with Crippen molar-refractivity contribution in [3.63, 3.8) is 0 Å². The number of amides is 1. The van der Waals surface area contributed by atoms with E-state index in [1.54, 1.807) is 6.33 Å². The average molecular weight is 410 g/mol. The number of nitrogens with one attached hydrogen (secondary N) is 1. The highest BCUT2D eigenvalue weighted by molar-refractivity contribution is 5.78. The van der Waals surface area contributed by atoms with Crippen molar-refractivity contribution < 1.29 is 4.79 Å². The van der Waals surface area contributed by atoms with Crippen molar-refractivity contribution in [3.8, 4) is 0 Å². The van der Waals surface area contributed by atoms with Crippen LogP contribution in [-0.4, -0.2) is 58.4 Å². The van der Waals surface area contributed by atoms with E-state index in [-0.39, 0.29) is 5.91 Å². The molecule has 1 amide bonds. The van der Waals surface area contributed by atoms with Crippen molar-refractivity contribution >= 4 is 11.7 Å². The van der Waals surface area contributed by atoms with E-state index in [1.165, 1.54) is 50.5 Å². The summed E-state index contributed by atoms with van der Waals surface area (Å²) in [4.78, 5) is 26.2. The average Bonchev–Trinajstić information content (AvgIpc) is 3.25. The first-order chi connectivity index (χ1) is 14.7. The molecule has 3 heterocycles. The zero-order valence-electron chi connectivity index (χ0n) is 18.1. The molecular formula is C24H35N5O. The van der Waals surface area contributed by atoms with E-state index in [2.05, 4.69) is 20.2 Å². The zero-order valence-corrected chi connectivity index (χ0v) is 18.1. The second kappa shape index (κ2) is 7.77. The third-order valence-corrected chi connectivity index (χ3v) is 8.84. The van der Waals surface area contributed by atoms with Crippen molar-refractivity contribution in [3.05, 3.63) is 17.6 Å². The Balaban J connectivity index is 1.10. The van der Waals surface area contributed by atoms with Gasteiger partial charge < -0.3 is 10.2 Å². The summed E-state index contributed by atoms with van der Waals surface area (Å²) in [5.74, 6) is 6.03. The highest BCUT2D eigenvalue weighted by atomic mass is 16.2. The van der Waals surface area contributed by atoms with Gasteiger partial charge in [0.05, 0.1) is 18.8 Å². The van der Waals surface area contributed by atoms with Crippen LogP contribution in [0.2, 0.25) is 0 Å². The van der Waals surface area contributed by atoms with Crippen LogP contribution >= 0.6 is 0 Å². The Morgan fingerprint density at radius 1 is 1.00 bits per heavy atom. The molecule has 30 heavy (non-hydrogen) atoms. The van der Waals surface area contributed by atoms with Crippen molar-refractivity contribution in [2.45, 2.75) is 57.9 Å². The molecule has 0 aromatic carbocycles. The van der Waals surface area contributed by atoms with Crippen LogP contribution < -0.4 is 5.32 Å². The van der Waals surface area contributed by atoms with Crippen molar-refractivity contribution in [2.24, 2.45) is 29.6 Å². The smallest absolute Gasteiger partial charge is 0.237 e. The van der Waals surface area contributed by atoms with Gasteiger partial charge in [0.25, 0.3) is 0 Å². The van der Waals surface area contributed by atoms with E-state index in [1.807, 2.05) is 4.90 Å². The van der Waals surface area contributed by atoms with E-state index < -0.39 is 0 Å².